The van der Waals surface area contributed by atoms with Crippen molar-refractivity contribution in [2.45, 2.75) is 46.8 Å². The summed E-state index contributed by atoms with van der Waals surface area (Å²) in [5.41, 5.74) is 5.66. The van der Waals surface area contributed by atoms with Crippen LogP contribution in [0.5, 0.6) is 5.75 Å². The second-order valence-corrected chi connectivity index (χ2v) is 13.7. The minimum atomic E-state index is -2.01. The zero-order valence-electron chi connectivity index (χ0n) is 23.9. The molecule has 1 saturated heterocycles. The Morgan fingerprint density at radius 2 is 1.64 bits per heavy atom. The van der Waals surface area contributed by atoms with Crippen LogP contribution in [0, 0.1) is 0 Å². The van der Waals surface area contributed by atoms with Gasteiger partial charge in [0, 0.05) is 29.2 Å². The van der Waals surface area contributed by atoms with E-state index in [9.17, 15) is 9.90 Å². The summed E-state index contributed by atoms with van der Waals surface area (Å²) in [6.45, 7) is 0.228. The molecule has 1 heterocycles. The summed E-state index contributed by atoms with van der Waals surface area (Å²) >= 11 is 18.7. The van der Waals surface area contributed by atoms with Gasteiger partial charge in [0.15, 0.2) is 6.29 Å². The maximum absolute atomic E-state index is 11.9. The number of rotatable bonds is 10. The van der Waals surface area contributed by atoms with Crippen molar-refractivity contribution >= 4 is 52.5 Å². The van der Waals surface area contributed by atoms with Crippen molar-refractivity contribution in [3.8, 4) is 16.9 Å². The van der Waals surface area contributed by atoms with E-state index in [1.165, 1.54) is 0 Å². The van der Waals surface area contributed by atoms with E-state index < -0.39 is 16.0 Å². The standard InChI is InChI=1S/C34H32Cl3NO5S/c1-41-29-7-2-3-8-31(29)44-21-28-18-30(25-11-9-22(20-39)10-12-25)43-32(42-28)26-15-13-24(14-16-26)27-6-4-5-23(17-27)19-38-33(40)34(35,36)37/h2-17,28,30,32,39H,18-21H2,1H3,(H,38,40)/t28-,30+,32+/m0/s1. The molecule has 0 aliphatic carbocycles. The van der Waals surface area contributed by atoms with Crippen LogP contribution in [0.2, 0.25) is 0 Å². The summed E-state index contributed by atoms with van der Waals surface area (Å²) in [6.07, 6.45) is -0.127. The maximum Gasteiger partial charge on any atom is 0.272 e. The lowest BCUT2D eigenvalue weighted by Crippen LogP contribution is -2.33. The molecule has 0 saturated carbocycles. The summed E-state index contributed by atoms with van der Waals surface area (Å²) < 4.78 is 16.6. The molecule has 0 spiro atoms. The fourth-order valence-electron chi connectivity index (χ4n) is 4.92. The van der Waals surface area contributed by atoms with Crippen LogP contribution in [-0.4, -0.2) is 33.8 Å². The highest BCUT2D eigenvalue weighted by Crippen LogP contribution is 2.41. The number of hydrogen-bond acceptors (Lipinski definition) is 6. The molecule has 10 heteroatoms. The Balaban J connectivity index is 1.32. The van der Waals surface area contributed by atoms with Gasteiger partial charge in [-0.1, -0.05) is 114 Å². The average molecular weight is 673 g/mol. The highest BCUT2D eigenvalue weighted by molar-refractivity contribution is 7.99. The molecule has 1 aliphatic heterocycles. The minimum absolute atomic E-state index is 0.00539. The third-order valence-electron chi connectivity index (χ3n) is 7.26. The number of carbonyl (C=O) groups excluding carboxylic acids is 1. The van der Waals surface area contributed by atoms with Gasteiger partial charge in [0.2, 0.25) is 0 Å². The molecule has 2 N–H and O–H groups in total. The van der Waals surface area contributed by atoms with E-state index in [0.717, 1.165) is 49.8 Å². The SMILES string of the molecule is COc1ccccc1SC[C@@H]1C[C@H](c2ccc(CO)cc2)O[C@H](c2ccc(-c3cccc(CNC(=O)C(Cl)(Cl)Cl)c3)cc2)O1. The van der Waals surface area contributed by atoms with E-state index >= 15 is 0 Å². The van der Waals surface area contributed by atoms with Crippen LogP contribution >= 0.6 is 46.6 Å². The molecule has 1 amide bonds. The molecule has 3 atom stereocenters. The number of aliphatic hydroxyl groups is 1. The van der Waals surface area contributed by atoms with E-state index in [-0.39, 0.29) is 25.4 Å². The summed E-state index contributed by atoms with van der Waals surface area (Å²) in [5.74, 6) is 0.891. The van der Waals surface area contributed by atoms with Crippen LogP contribution in [-0.2, 0) is 27.4 Å². The zero-order chi connectivity index (χ0) is 31.1. The number of hydrogen-bond donors (Lipinski definition) is 2. The number of halogens is 3. The number of methoxy groups -OCH3 is 1. The monoisotopic (exact) mass is 671 g/mol. The zero-order valence-corrected chi connectivity index (χ0v) is 27.0. The molecule has 0 aromatic heterocycles. The van der Waals surface area contributed by atoms with Gasteiger partial charge in [-0.2, -0.15) is 0 Å². The number of ether oxygens (including phenoxy) is 3. The van der Waals surface area contributed by atoms with Crippen LogP contribution in [0.4, 0.5) is 0 Å². The van der Waals surface area contributed by atoms with Gasteiger partial charge in [-0.25, -0.2) is 0 Å². The number of benzene rings is 4. The van der Waals surface area contributed by atoms with E-state index in [1.54, 1.807) is 18.9 Å². The molecule has 0 bridgehead atoms. The summed E-state index contributed by atoms with van der Waals surface area (Å²) in [4.78, 5) is 13.0. The molecule has 6 nitrogen and oxygen atoms in total. The largest absolute Gasteiger partial charge is 0.496 e. The molecule has 4 aromatic carbocycles. The van der Waals surface area contributed by atoms with Gasteiger partial charge >= 0.3 is 0 Å². The summed E-state index contributed by atoms with van der Waals surface area (Å²) in [5, 5.41) is 12.1. The van der Waals surface area contributed by atoms with E-state index in [1.807, 2.05) is 97.1 Å². The lowest BCUT2D eigenvalue weighted by Gasteiger charge is -2.36. The molecule has 1 aliphatic rings. The molecule has 0 unspecified atom stereocenters. The van der Waals surface area contributed by atoms with E-state index in [4.69, 9.17) is 49.0 Å². The lowest BCUT2D eigenvalue weighted by atomic mass is 9.99. The number of aliphatic hydroxyl groups excluding tert-OH is 1. The number of carbonyl (C=O) groups is 1. The molecular weight excluding hydrogens is 641 g/mol. The van der Waals surface area contributed by atoms with Gasteiger partial charge in [-0.3, -0.25) is 4.79 Å². The molecule has 1 fully saturated rings. The Kier molecular flexibility index (Phi) is 11.1. The van der Waals surface area contributed by atoms with Gasteiger partial charge in [0.1, 0.15) is 5.75 Å². The van der Waals surface area contributed by atoms with Crippen molar-refractivity contribution in [3.63, 3.8) is 0 Å². The average Bonchev–Trinajstić information content (AvgIpc) is 3.06. The third-order valence-corrected chi connectivity index (χ3v) is 8.96. The van der Waals surface area contributed by atoms with Gasteiger partial charge in [-0.15, -0.1) is 11.8 Å². The summed E-state index contributed by atoms with van der Waals surface area (Å²) in [6, 6.07) is 31.7. The predicted octanol–water partition coefficient (Wildman–Crippen LogP) is 8.18. The normalized spacial score (nSPS) is 18.5. The van der Waals surface area contributed by atoms with Crippen molar-refractivity contribution in [2.75, 3.05) is 12.9 Å². The Morgan fingerprint density at radius 3 is 2.34 bits per heavy atom. The summed E-state index contributed by atoms with van der Waals surface area (Å²) in [7, 11) is 1.68. The van der Waals surface area contributed by atoms with Crippen LogP contribution < -0.4 is 10.1 Å². The number of nitrogens with one attached hydrogen (secondary N) is 1. The first-order chi connectivity index (χ1) is 21.2. The van der Waals surface area contributed by atoms with Gasteiger partial charge in [-0.05, 0) is 46.0 Å². The van der Waals surface area contributed by atoms with Crippen molar-refractivity contribution < 1.29 is 24.1 Å². The van der Waals surface area contributed by atoms with Crippen molar-refractivity contribution in [1.82, 2.24) is 5.32 Å². The third kappa shape index (κ3) is 8.49. The molecule has 0 radical (unpaired) electrons. The maximum atomic E-state index is 11.9. The molecule has 230 valence electrons. The lowest BCUT2D eigenvalue weighted by molar-refractivity contribution is -0.245. The first kappa shape index (κ1) is 32.6. The Bertz CT molecular complexity index is 1550. The predicted molar refractivity (Wildman–Crippen MR) is 176 cm³/mol. The molecular formula is C34H32Cl3NO5S. The van der Waals surface area contributed by atoms with Crippen molar-refractivity contribution in [1.29, 1.82) is 0 Å². The fourth-order valence-corrected chi connectivity index (χ4v) is 6.17. The van der Waals surface area contributed by atoms with E-state index in [2.05, 4.69) is 5.32 Å². The Hall–Kier alpha value is -2.75. The number of alkyl halides is 3. The number of thioether (sulfide) groups is 1. The quantitative estimate of drug-likeness (QED) is 0.131. The molecule has 5 rings (SSSR count). The van der Waals surface area contributed by atoms with Crippen LogP contribution in [0.3, 0.4) is 0 Å². The Morgan fingerprint density at radius 1 is 0.909 bits per heavy atom. The highest BCUT2D eigenvalue weighted by atomic mass is 35.6. The highest BCUT2D eigenvalue weighted by Gasteiger charge is 2.33. The van der Waals surface area contributed by atoms with Crippen molar-refractivity contribution in [3.05, 3.63) is 119 Å². The second-order valence-electron chi connectivity index (χ2n) is 10.3. The molecule has 44 heavy (non-hydrogen) atoms. The minimum Gasteiger partial charge on any atom is -0.496 e. The van der Waals surface area contributed by atoms with Crippen LogP contribution in [0.1, 0.15) is 41.1 Å². The first-order valence-electron chi connectivity index (χ1n) is 14.0. The van der Waals surface area contributed by atoms with Gasteiger partial charge in [0.05, 0.1) is 25.9 Å². The molecule has 4 aromatic rings. The van der Waals surface area contributed by atoms with Gasteiger partial charge in [0.25, 0.3) is 9.70 Å². The van der Waals surface area contributed by atoms with Crippen LogP contribution in [0.25, 0.3) is 11.1 Å². The van der Waals surface area contributed by atoms with Gasteiger partial charge < -0.3 is 24.6 Å². The number of para-hydroxylation sites is 1. The second kappa shape index (κ2) is 15.0. The fraction of sp³-hybridized carbons (Fsp3) is 0.265. The van der Waals surface area contributed by atoms with Crippen LogP contribution in [0.15, 0.2) is 102 Å². The Labute approximate surface area is 276 Å². The van der Waals surface area contributed by atoms with Crippen molar-refractivity contribution in [2.24, 2.45) is 0 Å². The number of amides is 1. The smallest absolute Gasteiger partial charge is 0.272 e. The first-order valence-corrected chi connectivity index (χ1v) is 16.2. The van der Waals surface area contributed by atoms with E-state index in [0.29, 0.717) is 6.42 Å². The topological polar surface area (TPSA) is 77.0 Å².